The molecule has 0 saturated heterocycles. The van der Waals surface area contributed by atoms with Crippen molar-refractivity contribution in [3.63, 3.8) is 0 Å². The highest BCUT2D eigenvalue weighted by molar-refractivity contribution is 7.98. The van der Waals surface area contributed by atoms with Gasteiger partial charge < -0.3 is 10.3 Å². The van der Waals surface area contributed by atoms with E-state index in [1.807, 2.05) is 0 Å². The third-order valence-corrected chi connectivity index (χ3v) is 3.39. The number of carbonyl (C=O) groups is 1. The number of H-pyrrole nitrogens is 1. The molecule has 1 heterocycles. The van der Waals surface area contributed by atoms with Gasteiger partial charge in [0.15, 0.2) is 0 Å². The molecule has 8 heteroatoms. The molecule has 0 bridgehead atoms. The first kappa shape index (κ1) is 14.1. The van der Waals surface area contributed by atoms with Crippen LogP contribution in [0.3, 0.4) is 0 Å². The molecular weight excluding hydrogens is 280 g/mol. The molecule has 2 N–H and O–H groups in total. The van der Waals surface area contributed by atoms with E-state index in [1.54, 1.807) is 30.8 Å². The Morgan fingerprint density at radius 2 is 2.35 bits per heavy atom. The molecule has 0 aliphatic rings. The standard InChI is InChI=1S/C12H12N4O3S/c1-20-10-3-2-8(6-9(10)16(18)19)12(17)15-7-11-13-4-5-14-11/h2-6H,7H2,1H3,(H,13,14)(H,15,17). The summed E-state index contributed by atoms with van der Waals surface area (Å²) in [5.41, 5.74) is 0.184. The summed E-state index contributed by atoms with van der Waals surface area (Å²) in [7, 11) is 0. The number of carbonyl (C=O) groups excluding carboxylic acids is 1. The summed E-state index contributed by atoms with van der Waals surface area (Å²) < 4.78 is 0. The summed E-state index contributed by atoms with van der Waals surface area (Å²) in [5, 5.41) is 13.6. The summed E-state index contributed by atoms with van der Waals surface area (Å²) in [5.74, 6) is 0.241. The Labute approximate surface area is 118 Å². The summed E-state index contributed by atoms with van der Waals surface area (Å²) >= 11 is 1.27. The quantitative estimate of drug-likeness (QED) is 0.498. The minimum Gasteiger partial charge on any atom is -0.347 e. The molecule has 1 aromatic carbocycles. The van der Waals surface area contributed by atoms with Gasteiger partial charge in [-0.25, -0.2) is 4.98 Å². The fraction of sp³-hybridized carbons (Fsp3) is 0.167. The lowest BCUT2D eigenvalue weighted by Crippen LogP contribution is -2.23. The molecule has 0 aliphatic heterocycles. The van der Waals surface area contributed by atoms with Crippen molar-refractivity contribution in [2.45, 2.75) is 11.4 Å². The molecule has 104 valence electrons. The number of benzene rings is 1. The average molecular weight is 292 g/mol. The maximum absolute atomic E-state index is 11.9. The van der Waals surface area contributed by atoms with Crippen LogP contribution in [0.15, 0.2) is 35.5 Å². The second-order valence-corrected chi connectivity index (χ2v) is 4.71. The number of hydrogen-bond acceptors (Lipinski definition) is 5. The van der Waals surface area contributed by atoms with Gasteiger partial charge in [0.25, 0.3) is 11.6 Å². The van der Waals surface area contributed by atoms with E-state index in [-0.39, 0.29) is 23.7 Å². The number of aromatic amines is 1. The fourth-order valence-corrected chi connectivity index (χ4v) is 2.18. The maximum Gasteiger partial charge on any atom is 0.283 e. The number of nitrogens with one attached hydrogen (secondary N) is 2. The molecule has 0 spiro atoms. The van der Waals surface area contributed by atoms with E-state index in [0.29, 0.717) is 10.7 Å². The molecule has 2 rings (SSSR count). The monoisotopic (exact) mass is 292 g/mol. The van der Waals surface area contributed by atoms with Crippen LogP contribution in [0.2, 0.25) is 0 Å². The molecule has 0 radical (unpaired) electrons. The first-order valence-electron chi connectivity index (χ1n) is 5.70. The van der Waals surface area contributed by atoms with Crippen molar-refractivity contribution in [3.8, 4) is 0 Å². The summed E-state index contributed by atoms with van der Waals surface area (Å²) in [6, 6.07) is 4.42. The first-order valence-corrected chi connectivity index (χ1v) is 6.93. The van der Waals surface area contributed by atoms with Crippen LogP contribution in [0, 0.1) is 10.1 Å². The molecule has 1 aromatic heterocycles. The van der Waals surface area contributed by atoms with Crippen molar-refractivity contribution < 1.29 is 9.72 Å². The van der Waals surface area contributed by atoms with Crippen molar-refractivity contribution in [2.75, 3.05) is 6.26 Å². The van der Waals surface area contributed by atoms with E-state index in [9.17, 15) is 14.9 Å². The first-order chi connectivity index (χ1) is 9.61. The molecular formula is C12H12N4O3S. The molecule has 1 amide bonds. The largest absolute Gasteiger partial charge is 0.347 e. The van der Waals surface area contributed by atoms with E-state index >= 15 is 0 Å². The van der Waals surface area contributed by atoms with E-state index in [2.05, 4.69) is 15.3 Å². The zero-order valence-electron chi connectivity index (χ0n) is 10.6. The van der Waals surface area contributed by atoms with Crippen LogP contribution in [0.25, 0.3) is 0 Å². The number of hydrogen-bond donors (Lipinski definition) is 2. The van der Waals surface area contributed by atoms with Crippen molar-refractivity contribution in [1.29, 1.82) is 0 Å². The Hall–Kier alpha value is -2.35. The topological polar surface area (TPSA) is 101 Å². The zero-order valence-corrected chi connectivity index (χ0v) is 11.4. The minimum absolute atomic E-state index is 0.0665. The van der Waals surface area contributed by atoms with Gasteiger partial charge in [0.1, 0.15) is 5.82 Å². The van der Waals surface area contributed by atoms with E-state index in [0.717, 1.165) is 0 Å². The van der Waals surface area contributed by atoms with Gasteiger partial charge in [0, 0.05) is 24.0 Å². The van der Waals surface area contributed by atoms with Gasteiger partial charge >= 0.3 is 0 Å². The van der Waals surface area contributed by atoms with Crippen LogP contribution in [0.4, 0.5) is 5.69 Å². The van der Waals surface area contributed by atoms with Gasteiger partial charge in [-0.1, -0.05) is 0 Å². The lowest BCUT2D eigenvalue weighted by Gasteiger charge is -2.05. The van der Waals surface area contributed by atoms with Crippen LogP contribution in [-0.2, 0) is 6.54 Å². The third kappa shape index (κ3) is 3.15. The number of nitrogens with zero attached hydrogens (tertiary/aromatic N) is 2. The zero-order chi connectivity index (χ0) is 14.5. The molecule has 0 saturated carbocycles. The Morgan fingerprint density at radius 3 is 2.95 bits per heavy atom. The minimum atomic E-state index is -0.491. The molecule has 0 aliphatic carbocycles. The highest BCUT2D eigenvalue weighted by Crippen LogP contribution is 2.28. The van der Waals surface area contributed by atoms with Crippen molar-refractivity contribution in [2.24, 2.45) is 0 Å². The van der Waals surface area contributed by atoms with Gasteiger partial charge in [-0.05, 0) is 18.4 Å². The average Bonchev–Trinajstić information content (AvgIpc) is 2.97. The van der Waals surface area contributed by atoms with E-state index in [4.69, 9.17) is 0 Å². The van der Waals surface area contributed by atoms with Crippen LogP contribution in [-0.4, -0.2) is 27.1 Å². The van der Waals surface area contributed by atoms with Gasteiger partial charge in [-0.3, -0.25) is 14.9 Å². The Balaban J connectivity index is 2.13. The smallest absolute Gasteiger partial charge is 0.283 e. The highest BCUT2D eigenvalue weighted by Gasteiger charge is 2.16. The third-order valence-electron chi connectivity index (χ3n) is 2.61. The number of nitro groups is 1. The SMILES string of the molecule is CSc1ccc(C(=O)NCc2ncc[nH]2)cc1[N+](=O)[O-]. The van der Waals surface area contributed by atoms with Gasteiger partial charge in [-0.2, -0.15) is 0 Å². The van der Waals surface area contributed by atoms with E-state index in [1.165, 1.54) is 17.8 Å². The van der Waals surface area contributed by atoms with Crippen LogP contribution in [0.1, 0.15) is 16.2 Å². The summed E-state index contributed by atoms with van der Waals surface area (Å²) in [6.45, 7) is 0.240. The number of thioether (sulfide) groups is 1. The number of aromatic nitrogens is 2. The normalized spacial score (nSPS) is 10.2. The van der Waals surface area contributed by atoms with Gasteiger partial charge in [0.05, 0.1) is 16.4 Å². The number of rotatable bonds is 5. The van der Waals surface area contributed by atoms with Crippen molar-refractivity contribution >= 4 is 23.4 Å². The predicted molar refractivity (Wildman–Crippen MR) is 74.6 cm³/mol. The van der Waals surface area contributed by atoms with Gasteiger partial charge in [0.2, 0.25) is 0 Å². The number of nitro benzene ring substituents is 1. The highest BCUT2D eigenvalue weighted by atomic mass is 32.2. The fourth-order valence-electron chi connectivity index (χ4n) is 1.63. The second-order valence-electron chi connectivity index (χ2n) is 3.86. The van der Waals surface area contributed by atoms with E-state index < -0.39 is 4.92 Å². The van der Waals surface area contributed by atoms with Crippen molar-refractivity contribution in [1.82, 2.24) is 15.3 Å². The van der Waals surface area contributed by atoms with Gasteiger partial charge in [-0.15, -0.1) is 11.8 Å². The molecule has 20 heavy (non-hydrogen) atoms. The number of imidazole rings is 1. The van der Waals surface area contributed by atoms with Crippen LogP contribution >= 0.6 is 11.8 Å². The lowest BCUT2D eigenvalue weighted by molar-refractivity contribution is -0.387. The second kappa shape index (κ2) is 6.20. The van der Waals surface area contributed by atoms with Crippen molar-refractivity contribution in [3.05, 3.63) is 52.1 Å². The number of amides is 1. The summed E-state index contributed by atoms with van der Waals surface area (Å²) in [6.07, 6.45) is 4.98. The lowest BCUT2D eigenvalue weighted by atomic mass is 10.2. The molecule has 0 atom stereocenters. The summed E-state index contributed by atoms with van der Waals surface area (Å²) in [4.78, 5) is 29.7. The maximum atomic E-state index is 11.9. The molecule has 0 fully saturated rings. The van der Waals surface area contributed by atoms with Crippen LogP contribution < -0.4 is 5.32 Å². The van der Waals surface area contributed by atoms with Crippen LogP contribution in [0.5, 0.6) is 0 Å². The molecule has 0 unspecified atom stereocenters. The predicted octanol–water partition coefficient (Wildman–Crippen LogP) is 1.97. The Morgan fingerprint density at radius 1 is 1.55 bits per heavy atom. The Kier molecular flexibility index (Phi) is 4.36. The molecule has 7 nitrogen and oxygen atoms in total. The molecule has 2 aromatic rings. The Bertz CT molecular complexity index is 628.